The first kappa shape index (κ1) is 14.0. The SMILES string of the molecule is O=Cc1ccc(Oc2cccc(F)c2)c(C(F)(F)F)c1. The molecule has 6 heteroatoms. The highest BCUT2D eigenvalue weighted by Crippen LogP contribution is 2.38. The van der Waals surface area contributed by atoms with Crippen molar-refractivity contribution in [2.24, 2.45) is 0 Å². The third-order valence-corrected chi connectivity index (χ3v) is 2.47. The van der Waals surface area contributed by atoms with Crippen molar-refractivity contribution in [1.82, 2.24) is 0 Å². The summed E-state index contributed by atoms with van der Waals surface area (Å²) in [7, 11) is 0. The van der Waals surface area contributed by atoms with Crippen molar-refractivity contribution < 1.29 is 27.1 Å². The van der Waals surface area contributed by atoms with Crippen molar-refractivity contribution >= 4 is 6.29 Å². The number of halogens is 4. The van der Waals surface area contributed by atoms with E-state index < -0.39 is 23.3 Å². The largest absolute Gasteiger partial charge is 0.457 e. The van der Waals surface area contributed by atoms with Crippen molar-refractivity contribution in [2.75, 3.05) is 0 Å². The smallest absolute Gasteiger partial charge is 0.420 e. The third-order valence-electron chi connectivity index (χ3n) is 2.47. The van der Waals surface area contributed by atoms with E-state index in [0.29, 0.717) is 12.4 Å². The fourth-order valence-electron chi connectivity index (χ4n) is 1.59. The molecule has 0 N–H and O–H groups in total. The molecule has 0 bridgehead atoms. The highest BCUT2D eigenvalue weighted by molar-refractivity contribution is 5.75. The molecule has 2 aromatic rings. The molecule has 0 unspecified atom stereocenters. The second kappa shape index (κ2) is 5.32. The van der Waals surface area contributed by atoms with E-state index in [1.807, 2.05) is 0 Å². The van der Waals surface area contributed by atoms with Crippen LogP contribution in [0.1, 0.15) is 15.9 Å². The number of alkyl halides is 3. The van der Waals surface area contributed by atoms with Gasteiger partial charge < -0.3 is 4.74 Å². The Morgan fingerprint density at radius 2 is 1.80 bits per heavy atom. The number of aldehydes is 1. The molecule has 0 aromatic heterocycles. The number of benzene rings is 2. The minimum atomic E-state index is -4.68. The van der Waals surface area contributed by atoms with Gasteiger partial charge in [0.25, 0.3) is 0 Å². The summed E-state index contributed by atoms with van der Waals surface area (Å²) in [6, 6.07) is 7.66. The van der Waals surface area contributed by atoms with Crippen LogP contribution in [0.3, 0.4) is 0 Å². The van der Waals surface area contributed by atoms with Crippen LogP contribution in [0.4, 0.5) is 17.6 Å². The van der Waals surface area contributed by atoms with Crippen LogP contribution >= 0.6 is 0 Å². The van der Waals surface area contributed by atoms with Gasteiger partial charge >= 0.3 is 6.18 Å². The Balaban J connectivity index is 2.43. The average molecular weight is 284 g/mol. The highest BCUT2D eigenvalue weighted by Gasteiger charge is 2.34. The number of hydrogen-bond donors (Lipinski definition) is 0. The molecule has 0 amide bonds. The molecule has 2 aromatic carbocycles. The molecule has 0 aliphatic heterocycles. The Bertz CT molecular complexity index is 635. The van der Waals surface area contributed by atoms with Gasteiger partial charge in [-0.05, 0) is 30.3 Å². The van der Waals surface area contributed by atoms with Crippen LogP contribution in [-0.2, 0) is 6.18 Å². The summed E-state index contributed by atoms with van der Waals surface area (Å²) in [6.07, 6.45) is -4.37. The van der Waals surface area contributed by atoms with Crippen LogP contribution in [0.5, 0.6) is 11.5 Å². The maximum Gasteiger partial charge on any atom is 0.420 e. The van der Waals surface area contributed by atoms with Gasteiger partial charge in [-0.15, -0.1) is 0 Å². The summed E-state index contributed by atoms with van der Waals surface area (Å²) >= 11 is 0. The molecule has 0 spiro atoms. The Morgan fingerprint density at radius 1 is 1.05 bits per heavy atom. The minimum absolute atomic E-state index is 0.0608. The molecule has 0 atom stereocenters. The fraction of sp³-hybridized carbons (Fsp3) is 0.0714. The number of rotatable bonds is 3. The van der Waals surface area contributed by atoms with Crippen molar-refractivity contribution in [3.8, 4) is 11.5 Å². The zero-order valence-electron chi connectivity index (χ0n) is 9.95. The van der Waals surface area contributed by atoms with Crippen molar-refractivity contribution in [1.29, 1.82) is 0 Å². The van der Waals surface area contributed by atoms with E-state index >= 15 is 0 Å². The predicted octanol–water partition coefficient (Wildman–Crippen LogP) is 4.45. The van der Waals surface area contributed by atoms with Gasteiger partial charge in [0.2, 0.25) is 0 Å². The van der Waals surface area contributed by atoms with Gasteiger partial charge in [-0.3, -0.25) is 4.79 Å². The second-order valence-corrected chi connectivity index (χ2v) is 3.93. The molecule has 0 aliphatic carbocycles. The summed E-state index contributed by atoms with van der Waals surface area (Å²) in [5.74, 6) is -1.18. The number of ether oxygens (including phenoxy) is 1. The topological polar surface area (TPSA) is 26.3 Å². The zero-order valence-corrected chi connectivity index (χ0v) is 9.95. The zero-order chi connectivity index (χ0) is 14.8. The van der Waals surface area contributed by atoms with E-state index in [2.05, 4.69) is 0 Å². The Labute approximate surface area is 111 Å². The Morgan fingerprint density at radius 3 is 2.40 bits per heavy atom. The molecule has 0 aliphatic rings. The van der Waals surface area contributed by atoms with Gasteiger partial charge in [-0.25, -0.2) is 4.39 Å². The van der Waals surface area contributed by atoms with Crippen molar-refractivity contribution in [2.45, 2.75) is 6.18 Å². The van der Waals surface area contributed by atoms with Crippen LogP contribution in [0.2, 0.25) is 0 Å². The summed E-state index contributed by atoms with van der Waals surface area (Å²) in [4.78, 5) is 10.5. The molecule has 0 radical (unpaired) electrons. The number of carbonyl (C=O) groups excluding carboxylic acids is 1. The molecule has 104 valence electrons. The maximum atomic E-state index is 13.0. The molecule has 20 heavy (non-hydrogen) atoms. The molecule has 2 rings (SSSR count). The average Bonchev–Trinajstić information content (AvgIpc) is 2.38. The first-order valence-electron chi connectivity index (χ1n) is 5.50. The van der Waals surface area contributed by atoms with Gasteiger partial charge in [0.1, 0.15) is 23.6 Å². The molecule has 0 saturated heterocycles. The quantitative estimate of drug-likeness (QED) is 0.615. The van der Waals surface area contributed by atoms with Gasteiger partial charge in [0.15, 0.2) is 0 Å². The molecule has 0 saturated carbocycles. The summed E-state index contributed by atoms with van der Waals surface area (Å²) < 4.78 is 56.6. The number of carbonyl (C=O) groups is 1. The summed E-state index contributed by atoms with van der Waals surface area (Å²) in [5.41, 5.74) is -1.21. The highest BCUT2D eigenvalue weighted by atomic mass is 19.4. The van der Waals surface area contributed by atoms with E-state index in [0.717, 1.165) is 18.2 Å². The number of hydrogen-bond acceptors (Lipinski definition) is 2. The lowest BCUT2D eigenvalue weighted by atomic mass is 10.1. The van der Waals surface area contributed by atoms with Crippen LogP contribution in [0.25, 0.3) is 0 Å². The second-order valence-electron chi connectivity index (χ2n) is 3.93. The van der Waals surface area contributed by atoms with Gasteiger partial charge in [-0.1, -0.05) is 6.07 Å². The molecule has 2 nitrogen and oxygen atoms in total. The lowest BCUT2D eigenvalue weighted by Crippen LogP contribution is -2.08. The van der Waals surface area contributed by atoms with E-state index in [-0.39, 0.29) is 11.3 Å². The minimum Gasteiger partial charge on any atom is -0.457 e. The first-order valence-corrected chi connectivity index (χ1v) is 5.50. The maximum absolute atomic E-state index is 13.0. The predicted molar refractivity (Wildman–Crippen MR) is 63.3 cm³/mol. The lowest BCUT2D eigenvalue weighted by molar-refractivity contribution is -0.138. The molecular formula is C14H8F4O2. The standard InChI is InChI=1S/C14H8F4O2/c15-10-2-1-3-11(7-10)20-13-5-4-9(8-19)6-12(13)14(16,17)18/h1-8H. The van der Waals surface area contributed by atoms with E-state index in [9.17, 15) is 22.4 Å². The van der Waals surface area contributed by atoms with Crippen LogP contribution in [0, 0.1) is 5.82 Å². The normalized spacial score (nSPS) is 11.2. The monoisotopic (exact) mass is 284 g/mol. The summed E-state index contributed by atoms with van der Waals surface area (Å²) in [5, 5.41) is 0. The van der Waals surface area contributed by atoms with E-state index in [4.69, 9.17) is 4.74 Å². The molecule has 0 fully saturated rings. The van der Waals surface area contributed by atoms with E-state index in [1.54, 1.807) is 0 Å². The Kier molecular flexibility index (Phi) is 3.74. The van der Waals surface area contributed by atoms with Crippen LogP contribution in [-0.4, -0.2) is 6.29 Å². The Hall–Kier alpha value is -2.37. The van der Waals surface area contributed by atoms with E-state index in [1.165, 1.54) is 18.2 Å². The lowest BCUT2D eigenvalue weighted by Gasteiger charge is -2.14. The first-order chi connectivity index (χ1) is 9.40. The summed E-state index contributed by atoms with van der Waals surface area (Å²) in [6.45, 7) is 0. The molecular weight excluding hydrogens is 276 g/mol. The van der Waals surface area contributed by atoms with Crippen LogP contribution < -0.4 is 4.74 Å². The van der Waals surface area contributed by atoms with Crippen molar-refractivity contribution in [3.05, 3.63) is 59.4 Å². The molecule has 0 heterocycles. The fourth-order valence-corrected chi connectivity index (χ4v) is 1.59. The van der Waals surface area contributed by atoms with Crippen molar-refractivity contribution in [3.63, 3.8) is 0 Å². The van der Waals surface area contributed by atoms with Gasteiger partial charge in [0, 0.05) is 11.6 Å². The third kappa shape index (κ3) is 3.14. The van der Waals surface area contributed by atoms with Crippen LogP contribution in [0.15, 0.2) is 42.5 Å². The van der Waals surface area contributed by atoms with Gasteiger partial charge in [-0.2, -0.15) is 13.2 Å². The van der Waals surface area contributed by atoms with Gasteiger partial charge in [0.05, 0.1) is 5.56 Å².